The molecule has 0 bridgehead atoms. The average Bonchev–Trinajstić information content (AvgIpc) is 2.59. The molecule has 0 atom stereocenters. The van der Waals surface area contributed by atoms with Crippen molar-refractivity contribution in [1.82, 2.24) is 0 Å². The SMILES string of the molecule is N#Cc1ccc(OCCOC(=O)c2ccc(C(N)=O)cc2)cc1. The minimum atomic E-state index is -0.555. The first-order valence-corrected chi connectivity index (χ1v) is 6.80. The molecule has 6 heteroatoms. The topological polar surface area (TPSA) is 102 Å². The van der Waals surface area contributed by atoms with E-state index in [-0.39, 0.29) is 13.2 Å². The summed E-state index contributed by atoms with van der Waals surface area (Å²) in [5, 5.41) is 8.69. The Bertz CT molecular complexity index is 731. The fourth-order valence-electron chi connectivity index (χ4n) is 1.77. The van der Waals surface area contributed by atoms with Crippen LogP contribution in [0, 0.1) is 11.3 Å². The van der Waals surface area contributed by atoms with Crippen LogP contribution >= 0.6 is 0 Å². The Balaban J connectivity index is 1.78. The van der Waals surface area contributed by atoms with Gasteiger partial charge in [-0.25, -0.2) is 4.79 Å². The molecule has 116 valence electrons. The van der Waals surface area contributed by atoms with Crippen LogP contribution in [0.25, 0.3) is 0 Å². The molecular weight excluding hydrogens is 296 g/mol. The van der Waals surface area contributed by atoms with Crippen LogP contribution in [0.15, 0.2) is 48.5 Å². The van der Waals surface area contributed by atoms with Crippen molar-refractivity contribution >= 4 is 11.9 Å². The van der Waals surface area contributed by atoms with E-state index in [1.807, 2.05) is 6.07 Å². The van der Waals surface area contributed by atoms with Gasteiger partial charge in [-0.1, -0.05) is 0 Å². The summed E-state index contributed by atoms with van der Waals surface area (Å²) in [7, 11) is 0. The number of nitrogens with two attached hydrogens (primary N) is 1. The van der Waals surface area contributed by atoms with Crippen LogP contribution in [-0.2, 0) is 4.74 Å². The number of hydrogen-bond donors (Lipinski definition) is 1. The van der Waals surface area contributed by atoms with E-state index in [9.17, 15) is 9.59 Å². The molecule has 6 nitrogen and oxygen atoms in total. The van der Waals surface area contributed by atoms with Gasteiger partial charge in [-0.15, -0.1) is 0 Å². The molecule has 1 amide bonds. The first kappa shape index (κ1) is 16.0. The van der Waals surface area contributed by atoms with Crippen molar-refractivity contribution in [3.05, 3.63) is 65.2 Å². The molecule has 2 rings (SSSR count). The number of nitriles is 1. The molecular formula is C17H14N2O4. The zero-order valence-corrected chi connectivity index (χ0v) is 12.2. The zero-order chi connectivity index (χ0) is 16.7. The lowest BCUT2D eigenvalue weighted by Crippen LogP contribution is -2.13. The van der Waals surface area contributed by atoms with Gasteiger partial charge in [-0.2, -0.15) is 5.26 Å². The molecule has 0 spiro atoms. The number of esters is 1. The van der Waals surface area contributed by atoms with Crippen molar-refractivity contribution in [2.24, 2.45) is 5.73 Å². The van der Waals surface area contributed by atoms with Gasteiger partial charge in [-0.3, -0.25) is 4.79 Å². The Labute approximate surface area is 133 Å². The normalized spacial score (nSPS) is 9.70. The summed E-state index contributed by atoms with van der Waals surface area (Å²) in [5.74, 6) is -0.476. The Kier molecular flexibility index (Phi) is 5.31. The van der Waals surface area contributed by atoms with Gasteiger partial charge in [0.1, 0.15) is 19.0 Å². The first-order valence-electron chi connectivity index (χ1n) is 6.80. The Hall–Kier alpha value is -3.33. The number of ether oxygens (including phenoxy) is 2. The predicted molar refractivity (Wildman–Crippen MR) is 81.9 cm³/mol. The van der Waals surface area contributed by atoms with Gasteiger partial charge >= 0.3 is 5.97 Å². The number of amides is 1. The first-order chi connectivity index (χ1) is 11.1. The summed E-state index contributed by atoms with van der Waals surface area (Å²) >= 11 is 0. The second-order valence-corrected chi connectivity index (χ2v) is 4.56. The Morgan fingerprint density at radius 1 is 0.957 bits per heavy atom. The van der Waals surface area contributed by atoms with E-state index in [4.69, 9.17) is 20.5 Å². The van der Waals surface area contributed by atoms with E-state index in [1.165, 1.54) is 24.3 Å². The summed E-state index contributed by atoms with van der Waals surface area (Å²) in [4.78, 5) is 22.7. The van der Waals surface area contributed by atoms with Crippen LogP contribution in [0.2, 0.25) is 0 Å². The van der Waals surface area contributed by atoms with E-state index in [0.29, 0.717) is 22.4 Å². The van der Waals surface area contributed by atoms with Crippen molar-refractivity contribution in [2.75, 3.05) is 13.2 Å². The minimum Gasteiger partial charge on any atom is -0.490 e. The molecule has 0 fully saturated rings. The largest absolute Gasteiger partial charge is 0.490 e. The summed E-state index contributed by atoms with van der Waals surface area (Å²) in [5.41, 5.74) is 6.32. The van der Waals surface area contributed by atoms with Gasteiger partial charge in [-0.05, 0) is 48.5 Å². The third-order valence-electron chi connectivity index (χ3n) is 2.97. The van der Waals surface area contributed by atoms with Crippen molar-refractivity contribution < 1.29 is 19.1 Å². The fraction of sp³-hybridized carbons (Fsp3) is 0.118. The lowest BCUT2D eigenvalue weighted by atomic mass is 10.1. The summed E-state index contributed by atoms with van der Waals surface area (Å²) in [6.45, 7) is 0.271. The zero-order valence-electron chi connectivity index (χ0n) is 12.2. The number of benzene rings is 2. The van der Waals surface area contributed by atoms with E-state index in [2.05, 4.69) is 0 Å². The molecule has 0 aliphatic heterocycles. The third kappa shape index (κ3) is 4.58. The maximum atomic E-state index is 11.8. The molecule has 0 aliphatic carbocycles. The van der Waals surface area contributed by atoms with Crippen LogP contribution in [0.4, 0.5) is 0 Å². The van der Waals surface area contributed by atoms with Crippen LogP contribution in [0.3, 0.4) is 0 Å². The molecule has 0 aliphatic rings. The minimum absolute atomic E-state index is 0.0798. The standard InChI is InChI=1S/C17H14N2O4/c18-11-12-1-7-15(8-2-12)22-9-10-23-17(21)14-5-3-13(4-6-14)16(19)20/h1-8H,9-10H2,(H2,19,20). The lowest BCUT2D eigenvalue weighted by molar-refractivity contribution is 0.0450. The molecule has 0 saturated carbocycles. The highest BCUT2D eigenvalue weighted by Gasteiger charge is 2.08. The summed E-state index contributed by atoms with van der Waals surface area (Å²) in [6.07, 6.45) is 0. The molecule has 0 saturated heterocycles. The predicted octanol–water partition coefficient (Wildman–Crippen LogP) is 1.89. The molecule has 2 N–H and O–H groups in total. The molecule has 0 unspecified atom stereocenters. The second-order valence-electron chi connectivity index (χ2n) is 4.56. The quantitative estimate of drug-likeness (QED) is 0.648. The van der Waals surface area contributed by atoms with Gasteiger partial charge in [0.05, 0.1) is 17.2 Å². The number of rotatable bonds is 6. The molecule has 0 aromatic heterocycles. The molecule has 0 radical (unpaired) electrons. The number of nitrogens with zero attached hydrogens (tertiary/aromatic N) is 1. The van der Waals surface area contributed by atoms with Crippen molar-refractivity contribution in [3.63, 3.8) is 0 Å². The lowest BCUT2D eigenvalue weighted by Gasteiger charge is -2.07. The van der Waals surface area contributed by atoms with Crippen LogP contribution in [-0.4, -0.2) is 25.1 Å². The molecule has 0 heterocycles. The Morgan fingerprint density at radius 3 is 2.13 bits per heavy atom. The maximum absolute atomic E-state index is 11.8. The second kappa shape index (κ2) is 7.61. The molecule has 23 heavy (non-hydrogen) atoms. The third-order valence-corrected chi connectivity index (χ3v) is 2.97. The number of hydrogen-bond acceptors (Lipinski definition) is 5. The highest BCUT2D eigenvalue weighted by atomic mass is 16.6. The van der Waals surface area contributed by atoms with Gasteiger partial charge < -0.3 is 15.2 Å². The average molecular weight is 310 g/mol. The monoisotopic (exact) mass is 310 g/mol. The van der Waals surface area contributed by atoms with Gasteiger partial charge in [0.15, 0.2) is 0 Å². The maximum Gasteiger partial charge on any atom is 0.338 e. The van der Waals surface area contributed by atoms with Crippen LogP contribution in [0.5, 0.6) is 5.75 Å². The van der Waals surface area contributed by atoms with Crippen molar-refractivity contribution in [1.29, 1.82) is 5.26 Å². The number of carbonyl (C=O) groups excluding carboxylic acids is 2. The highest BCUT2D eigenvalue weighted by Crippen LogP contribution is 2.11. The van der Waals surface area contributed by atoms with Crippen molar-refractivity contribution in [2.45, 2.75) is 0 Å². The fourth-order valence-corrected chi connectivity index (χ4v) is 1.77. The summed E-state index contributed by atoms with van der Waals surface area (Å²) < 4.78 is 10.5. The molecule has 2 aromatic rings. The van der Waals surface area contributed by atoms with Crippen LogP contribution < -0.4 is 10.5 Å². The van der Waals surface area contributed by atoms with Gasteiger partial charge in [0.2, 0.25) is 5.91 Å². The number of primary amides is 1. The Morgan fingerprint density at radius 2 is 1.57 bits per heavy atom. The summed E-state index contributed by atoms with van der Waals surface area (Å²) in [6, 6.07) is 14.5. The van der Waals surface area contributed by atoms with E-state index in [1.54, 1.807) is 24.3 Å². The van der Waals surface area contributed by atoms with E-state index < -0.39 is 11.9 Å². The smallest absolute Gasteiger partial charge is 0.338 e. The van der Waals surface area contributed by atoms with E-state index in [0.717, 1.165) is 0 Å². The number of carbonyl (C=O) groups is 2. The van der Waals surface area contributed by atoms with Crippen LogP contribution in [0.1, 0.15) is 26.3 Å². The molecule has 2 aromatic carbocycles. The van der Waals surface area contributed by atoms with Gasteiger partial charge in [0.25, 0.3) is 0 Å². The highest BCUT2D eigenvalue weighted by molar-refractivity contribution is 5.95. The van der Waals surface area contributed by atoms with Gasteiger partial charge in [0, 0.05) is 5.56 Å². The van der Waals surface area contributed by atoms with Crippen molar-refractivity contribution in [3.8, 4) is 11.8 Å². The van der Waals surface area contributed by atoms with E-state index >= 15 is 0 Å².